The van der Waals surface area contributed by atoms with Crippen LogP contribution in [0.15, 0.2) is 0 Å². The molecule has 1 heterocycles. The SMILES string of the molecule is CC(C)C1C(=O)NC(=O)N(C(C)C(C)(C)C)C1=O. The summed E-state index contributed by atoms with van der Waals surface area (Å²) in [6.45, 7) is 11.3. The lowest BCUT2D eigenvalue weighted by Gasteiger charge is -2.40. The first kappa shape index (κ1) is 14.7. The highest BCUT2D eigenvalue weighted by atomic mass is 16.2. The fourth-order valence-electron chi connectivity index (χ4n) is 1.95. The van der Waals surface area contributed by atoms with Gasteiger partial charge >= 0.3 is 6.03 Å². The molecule has 0 aromatic carbocycles. The lowest BCUT2D eigenvalue weighted by Crippen LogP contribution is -2.63. The largest absolute Gasteiger partial charge is 0.331 e. The predicted octanol–water partition coefficient (Wildman–Crippen LogP) is 1.77. The van der Waals surface area contributed by atoms with Crippen LogP contribution in [-0.2, 0) is 9.59 Å². The smallest absolute Gasteiger partial charge is 0.277 e. The maximum absolute atomic E-state index is 12.3. The van der Waals surface area contributed by atoms with Crippen LogP contribution >= 0.6 is 0 Å². The van der Waals surface area contributed by atoms with Crippen LogP contribution in [0.2, 0.25) is 0 Å². The summed E-state index contributed by atoms with van der Waals surface area (Å²) in [6.07, 6.45) is 0. The van der Waals surface area contributed by atoms with Crippen LogP contribution < -0.4 is 5.32 Å². The molecule has 5 nitrogen and oxygen atoms in total. The maximum atomic E-state index is 12.3. The number of barbiturate groups is 1. The van der Waals surface area contributed by atoms with Gasteiger partial charge in [-0.15, -0.1) is 0 Å². The Morgan fingerprint density at radius 1 is 1.11 bits per heavy atom. The standard InChI is InChI=1S/C13H22N2O3/c1-7(2)9-10(16)14-12(18)15(11(9)17)8(3)13(4,5)6/h7-9H,1-6H3,(H,14,16,18). The second-order valence-electron chi connectivity index (χ2n) is 6.27. The molecule has 102 valence electrons. The number of nitrogens with one attached hydrogen (secondary N) is 1. The summed E-state index contributed by atoms with van der Waals surface area (Å²) in [5.74, 6) is -1.77. The number of imide groups is 2. The molecule has 1 N–H and O–H groups in total. The van der Waals surface area contributed by atoms with Crippen LogP contribution in [-0.4, -0.2) is 28.8 Å². The first-order chi connectivity index (χ1) is 8.07. The number of amides is 4. The third-order valence-electron chi connectivity index (χ3n) is 3.54. The summed E-state index contributed by atoms with van der Waals surface area (Å²) in [4.78, 5) is 37.0. The molecule has 18 heavy (non-hydrogen) atoms. The van der Waals surface area contributed by atoms with E-state index in [9.17, 15) is 14.4 Å². The normalized spacial score (nSPS) is 23.4. The van der Waals surface area contributed by atoms with Crippen molar-refractivity contribution < 1.29 is 14.4 Å². The number of urea groups is 1. The fourth-order valence-corrected chi connectivity index (χ4v) is 1.95. The van der Waals surface area contributed by atoms with Crippen LogP contribution in [0.4, 0.5) is 4.79 Å². The lowest BCUT2D eigenvalue weighted by molar-refractivity contribution is -0.147. The first-order valence-electron chi connectivity index (χ1n) is 6.25. The van der Waals surface area contributed by atoms with E-state index in [0.29, 0.717) is 0 Å². The zero-order valence-electron chi connectivity index (χ0n) is 11.9. The molecule has 0 spiro atoms. The highest BCUT2D eigenvalue weighted by Crippen LogP contribution is 2.28. The van der Waals surface area contributed by atoms with Crippen molar-refractivity contribution in [2.75, 3.05) is 0 Å². The topological polar surface area (TPSA) is 66.5 Å². The zero-order chi connectivity index (χ0) is 14.2. The molecule has 0 radical (unpaired) electrons. The third-order valence-corrected chi connectivity index (χ3v) is 3.54. The van der Waals surface area contributed by atoms with Crippen molar-refractivity contribution in [1.29, 1.82) is 0 Å². The molecule has 1 rings (SSSR count). The highest BCUT2D eigenvalue weighted by molar-refractivity contribution is 6.16. The van der Waals surface area contributed by atoms with Gasteiger partial charge in [0.1, 0.15) is 5.92 Å². The van der Waals surface area contributed by atoms with Gasteiger partial charge in [0.25, 0.3) is 0 Å². The van der Waals surface area contributed by atoms with Crippen molar-refractivity contribution in [2.24, 2.45) is 17.3 Å². The second-order valence-corrected chi connectivity index (χ2v) is 6.27. The number of hydrogen-bond donors (Lipinski definition) is 1. The van der Waals surface area contributed by atoms with Crippen LogP contribution in [0, 0.1) is 17.3 Å². The van der Waals surface area contributed by atoms with Gasteiger partial charge in [-0.25, -0.2) is 4.79 Å². The Balaban J connectivity index is 3.09. The highest BCUT2D eigenvalue weighted by Gasteiger charge is 2.45. The van der Waals surface area contributed by atoms with E-state index in [-0.39, 0.29) is 23.3 Å². The molecule has 1 fully saturated rings. The first-order valence-corrected chi connectivity index (χ1v) is 6.25. The molecule has 1 saturated heterocycles. The van der Waals surface area contributed by atoms with Crippen molar-refractivity contribution >= 4 is 17.8 Å². The summed E-state index contributed by atoms with van der Waals surface area (Å²) in [6, 6.07) is -0.872. The minimum absolute atomic E-state index is 0.125. The Labute approximate surface area is 108 Å². The van der Waals surface area contributed by atoms with E-state index >= 15 is 0 Å². The number of rotatable bonds is 2. The molecule has 5 heteroatoms. The molecule has 0 aromatic heterocycles. The molecule has 0 aromatic rings. The van der Waals surface area contributed by atoms with Gasteiger partial charge in [-0.1, -0.05) is 34.6 Å². The minimum Gasteiger partial charge on any atom is -0.277 e. The van der Waals surface area contributed by atoms with Crippen LogP contribution in [0.25, 0.3) is 0 Å². The fraction of sp³-hybridized carbons (Fsp3) is 0.769. The zero-order valence-corrected chi connectivity index (χ0v) is 11.9. The van der Waals surface area contributed by atoms with E-state index in [1.54, 1.807) is 13.8 Å². The molecule has 0 aliphatic carbocycles. The number of hydrogen-bond acceptors (Lipinski definition) is 3. The molecule has 4 amide bonds. The van der Waals surface area contributed by atoms with Gasteiger partial charge in [-0.05, 0) is 18.3 Å². The van der Waals surface area contributed by atoms with Crippen molar-refractivity contribution in [2.45, 2.75) is 47.6 Å². The third kappa shape index (κ3) is 2.54. The van der Waals surface area contributed by atoms with E-state index < -0.39 is 17.9 Å². The molecule has 0 bridgehead atoms. The van der Waals surface area contributed by atoms with Crippen molar-refractivity contribution in [1.82, 2.24) is 10.2 Å². The quantitative estimate of drug-likeness (QED) is 0.764. The molecule has 0 saturated carbocycles. The number of carbonyl (C=O) groups excluding carboxylic acids is 3. The average Bonchev–Trinajstić information content (AvgIpc) is 2.13. The van der Waals surface area contributed by atoms with Gasteiger partial charge in [0.05, 0.1) is 0 Å². The Hall–Kier alpha value is -1.39. The van der Waals surface area contributed by atoms with E-state index in [4.69, 9.17) is 0 Å². The van der Waals surface area contributed by atoms with E-state index in [0.717, 1.165) is 0 Å². The van der Waals surface area contributed by atoms with Crippen LogP contribution in [0.1, 0.15) is 41.5 Å². The van der Waals surface area contributed by atoms with E-state index in [1.165, 1.54) is 4.90 Å². The minimum atomic E-state index is -0.771. The molecule has 1 aliphatic heterocycles. The second kappa shape index (κ2) is 4.71. The van der Waals surface area contributed by atoms with Gasteiger partial charge in [-0.2, -0.15) is 0 Å². The van der Waals surface area contributed by atoms with Gasteiger partial charge in [0, 0.05) is 6.04 Å². The molecular formula is C13H22N2O3. The average molecular weight is 254 g/mol. The monoisotopic (exact) mass is 254 g/mol. The molecular weight excluding hydrogens is 232 g/mol. The summed E-state index contributed by atoms with van der Waals surface area (Å²) < 4.78 is 0. The Bertz CT molecular complexity index is 382. The summed E-state index contributed by atoms with van der Waals surface area (Å²) in [7, 11) is 0. The van der Waals surface area contributed by atoms with Crippen molar-refractivity contribution in [3.05, 3.63) is 0 Å². The Morgan fingerprint density at radius 3 is 2.00 bits per heavy atom. The predicted molar refractivity (Wildman–Crippen MR) is 67.6 cm³/mol. The van der Waals surface area contributed by atoms with E-state index in [2.05, 4.69) is 5.32 Å². The van der Waals surface area contributed by atoms with E-state index in [1.807, 2.05) is 27.7 Å². The maximum Gasteiger partial charge on any atom is 0.331 e. The van der Waals surface area contributed by atoms with Gasteiger partial charge in [0.2, 0.25) is 11.8 Å². The Kier molecular flexibility index (Phi) is 3.84. The summed E-state index contributed by atoms with van der Waals surface area (Å²) in [5.41, 5.74) is -0.227. The lowest BCUT2D eigenvalue weighted by atomic mass is 9.84. The molecule has 1 aliphatic rings. The van der Waals surface area contributed by atoms with Crippen molar-refractivity contribution in [3.8, 4) is 0 Å². The number of carbonyl (C=O) groups is 3. The van der Waals surface area contributed by atoms with Crippen LogP contribution in [0.3, 0.4) is 0 Å². The van der Waals surface area contributed by atoms with Gasteiger partial charge in [-0.3, -0.25) is 19.8 Å². The van der Waals surface area contributed by atoms with Gasteiger partial charge < -0.3 is 0 Å². The Morgan fingerprint density at radius 2 is 1.61 bits per heavy atom. The summed E-state index contributed by atoms with van der Waals surface area (Å²) in [5, 5.41) is 2.27. The van der Waals surface area contributed by atoms with Crippen LogP contribution in [0.5, 0.6) is 0 Å². The number of nitrogens with zero attached hydrogens (tertiary/aromatic N) is 1. The van der Waals surface area contributed by atoms with Gasteiger partial charge in [0.15, 0.2) is 0 Å². The van der Waals surface area contributed by atoms with Crippen molar-refractivity contribution in [3.63, 3.8) is 0 Å². The summed E-state index contributed by atoms with van der Waals surface area (Å²) >= 11 is 0. The molecule has 2 atom stereocenters. The molecule has 2 unspecified atom stereocenters.